The Labute approximate surface area is 115 Å². The molecule has 0 spiro atoms. The summed E-state index contributed by atoms with van der Waals surface area (Å²) in [5.74, 6) is 0. The molecule has 0 unspecified atom stereocenters. The van der Waals surface area contributed by atoms with Gasteiger partial charge >= 0.3 is 0 Å². The predicted molar refractivity (Wildman–Crippen MR) is 82.6 cm³/mol. The summed E-state index contributed by atoms with van der Waals surface area (Å²) in [5.41, 5.74) is 5.24. The van der Waals surface area contributed by atoms with E-state index in [1.807, 2.05) is 6.07 Å². The van der Waals surface area contributed by atoms with Gasteiger partial charge in [-0.05, 0) is 36.6 Å². The molecule has 0 saturated carbocycles. The first-order chi connectivity index (χ1) is 9.27. The molecule has 2 aromatic rings. The minimum absolute atomic E-state index is 0.926. The fraction of sp³-hybridized carbons (Fsp3) is 0.294. The van der Waals surface area contributed by atoms with Crippen LogP contribution in [-0.4, -0.2) is 13.1 Å². The molecule has 0 fully saturated rings. The second-order valence-corrected chi connectivity index (χ2v) is 4.84. The zero-order valence-electron chi connectivity index (χ0n) is 11.7. The molecule has 0 bridgehead atoms. The van der Waals surface area contributed by atoms with Crippen LogP contribution >= 0.6 is 0 Å². The normalized spacial score (nSPS) is 10.4. The lowest BCUT2D eigenvalue weighted by molar-refractivity contribution is 0.706. The van der Waals surface area contributed by atoms with Crippen molar-refractivity contribution in [2.24, 2.45) is 0 Å². The number of aryl methyl sites for hydroxylation is 1. The maximum Gasteiger partial charge on any atom is 0.0372 e. The van der Waals surface area contributed by atoms with Crippen LogP contribution < -0.4 is 10.6 Å². The molecule has 2 N–H and O–H groups in total. The van der Waals surface area contributed by atoms with E-state index in [2.05, 4.69) is 66.9 Å². The van der Waals surface area contributed by atoms with Gasteiger partial charge in [-0.15, -0.1) is 0 Å². The van der Waals surface area contributed by atoms with Crippen molar-refractivity contribution in [1.82, 2.24) is 5.32 Å². The fourth-order valence-electron chi connectivity index (χ4n) is 2.06. The van der Waals surface area contributed by atoms with Crippen LogP contribution in [0.25, 0.3) is 0 Å². The molecule has 19 heavy (non-hydrogen) atoms. The topological polar surface area (TPSA) is 24.1 Å². The SMILES string of the molecule is Cc1cccc(NCCNCc2ccccc2)c1C. The van der Waals surface area contributed by atoms with Crippen molar-refractivity contribution in [3.8, 4) is 0 Å². The highest BCUT2D eigenvalue weighted by Gasteiger charge is 1.99. The number of nitrogens with one attached hydrogen (secondary N) is 2. The van der Waals surface area contributed by atoms with E-state index in [0.29, 0.717) is 0 Å². The third-order valence-corrected chi connectivity index (χ3v) is 3.39. The summed E-state index contributed by atoms with van der Waals surface area (Å²) in [6.07, 6.45) is 0. The fourth-order valence-corrected chi connectivity index (χ4v) is 2.06. The molecule has 2 aromatic carbocycles. The van der Waals surface area contributed by atoms with E-state index in [-0.39, 0.29) is 0 Å². The first-order valence-electron chi connectivity index (χ1n) is 6.82. The second kappa shape index (κ2) is 6.95. The summed E-state index contributed by atoms with van der Waals surface area (Å²) in [7, 11) is 0. The maximum absolute atomic E-state index is 3.48. The maximum atomic E-state index is 3.48. The molecule has 0 atom stereocenters. The van der Waals surface area contributed by atoms with Crippen molar-refractivity contribution in [2.45, 2.75) is 20.4 Å². The van der Waals surface area contributed by atoms with Crippen molar-refractivity contribution in [3.05, 3.63) is 65.2 Å². The zero-order valence-corrected chi connectivity index (χ0v) is 11.7. The monoisotopic (exact) mass is 254 g/mol. The first kappa shape index (κ1) is 13.6. The van der Waals surface area contributed by atoms with Gasteiger partial charge in [-0.3, -0.25) is 0 Å². The quantitative estimate of drug-likeness (QED) is 0.771. The third kappa shape index (κ3) is 4.11. The van der Waals surface area contributed by atoms with Crippen molar-refractivity contribution in [3.63, 3.8) is 0 Å². The molecule has 0 aliphatic rings. The Bertz CT molecular complexity index is 506. The van der Waals surface area contributed by atoms with E-state index in [9.17, 15) is 0 Å². The lowest BCUT2D eigenvalue weighted by atomic mass is 10.1. The van der Waals surface area contributed by atoms with Gasteiger partial charge in [0.1, 0.15) is 0 Å². The van der Waals surface area contributed by atoms with Gasteiger partial charge in [0.2, 0.25) is 0 Å². The smallest absolute Gasteiger partial charge is 0.0372 e. The number of anilines is 1. The summed E-state index contributed by atoms with van der Waals surface area (Å²) in [6.45, 7) is 7.14. The van der Waals surface area contributed by atoms with Gasteiger partial charge in [0.25, 0.3) is 0 Å². The molecular weight excluding hydrogens is 232 g/mol. The van der Waals surface area contributed by atoms with Gasteiger partial charge < -0.3 is 10.6 Å². The minimum atomic E-state index is 0.926. The Morgan fingerprint density at radius 3 is 2.42 bits per heavy atom. The van der Waals surface area contributed by atoms with Crippen LogP contribution in [0.3, 0.4) is 0 Å². The zero-order chi connectivity index (χ0) is 13.5. The standard InChI is InChI=1S/C17H22N2/c1-14-7-6-10-17(15(14)2)19-12-11-18-13-16-8-4-3-5-9-16/h3-10,18-19H,11-13H2,1-2H3. The summed E-state index contributed by atoms with van der Waals surface area (Å²) in [4.78, 5) is 0. The Kier molecular flexibility index (Phi) is 4.99. The first-order valence-corrected chi connectivity index (χ1v) is 6.82. The van der Waals surface area contributed by atoms with Gasteiger partial charge in [-0.2, -0.15) is 0 Å². The molecule has 0 aromatic heterocycles. The van der Waals surface area contributed by atoms with Crippen LogP contribution in [0, 0.1) is 13.8 Å². The molecule has 0 saturated heterocycles. The number of hydrogen-bond acceptors (Lipinski definition) is 2. The Morgan fingerprint density at radius 1 is 0.842 bits per heavy atom. The third-order valence-electron chi connectivity index (χ3n) is 3.39. The van der Waals surface area contributed by atoms with Crippen LogP contribution in [-0.2, 0) is 6.54 Å². The summed E-state index contributed by atoms with van der Waals surface area (Å²) < 4.78 is 0. The Balaban J connectivity index is 1.71. The highest BCUT2D eigenvalue weighted by molar-refractivity contribution is 5.53. The summed E-state index contributed by atoms with van der Waals surface area (Å²) >= 11 is 0. The van der Waals surface area contributed by atoms with Gasteiger partial charge in [0.15, 0.2) is 0 Å². The summed E-state index contributed by atoms with van der Waals surface area (Å²) in [5, 5.41) is 6.92. The van der Waals surface area contributed by atoms with Crippen LogP contribution in [0.5, 0.6) is 0 Å². The van der Waals surface area contributed by atoms with Gasteiger partial charge in [-0.25, -0.2) is 0 Å². The molecule has 0 aliphatic carbocycles. The molecule has 0 amide bonds. The molecule has 2 nitrogen and oxygen atoms in total. The minimum Gasteiger partial charge on any atom is -0.384 e. The molecule has 0 aliphatic heterocycles. The van der Waals surface area contributed by atoms with Gasteiger partial charge in [-0.1, -0.05) is 42.5 Å². The number of hydrogen-bond donors (Lipinski definition) is 2. The second-order valence-electron chi connectivity index (χ2n) is 4.84. The number of benzene rings is 2. The van der Waals surface area contributed by atoms with E-state index in [1.54, 1.807) is 0 Å². The average Bonchev–Trinajstić information content (AvgIpc) is 2.44. The average molecular weight is 254 g/mol. The Morgan fingerprint density at radius 2 is 1.63 bits per heavy atom. The molecule has 0 heterocycles. The van der Waals surface area contributed by atoms with E-state index >= 15 is 0 Å². The molecular formula is C17H22N2. The van der Waals surface area contributed by atoms with Crippen molar-refractivity contribution >= 4 is 5.69 Å². The molecule has 0 radical (unpaired) electrons. The van der Waals surface area contributed by atoms with Crippen LogP contribution in [0.1, 0.15) is 16.7 Å². The van der Waals surface area contributed by atoms with Crippen molar-refractivity contribution < 1.29 is 0 Å². The number of rotatable bonds is 6. The Hall–Kier alpha value is -1.80. The lowest BCUT2D eigenvalue weighted by Crippen LogP contribution is -2.22. The highest BCUT2D eigenvalue weighted by atomic mass is 14.9. The highest BCUT2D eigenvalue weighted by Crippen LogP contribution is 2.17. The van der Waals surface area contributed by atoms with E-state index in [4.69, 9.17) is 0 Å². The van der Waals surface area contributed by atoms with Crippen molar-refractivity contribution in [1.29, 1.82) is 0 Å². The lowest BCUT2D eigenvalue weighted by Gasteiger charge is -2.12. The van der Waals surface area contributed by atoms with Crippen LogP contribution in [0.15, 0.2) is 48.5 Å². The van der Waals surface area contributed by atoms with Crippen LogP contribution in [0.4, 0.5) is 5.69 Å². The molecule has 2 rings (SSSR count). The van der Waals surface area contributed by atoms with E-state index in [1.165, 1.54) is 22.4 Å². The van der Waals surface area contributed by atoms with E-state index in [0.717, 1.165) is 19.6 Å². The van der Waals surface area contributed by atoms with E-state index < -0.39 is 0 Å². The van der Waals surface area contributed by atoms with Crippen LogP contribution in [0.2, 0.25) is 0 Å². The predicted octanol–water partition coefficient (Wildman–Crippen LogP) is 3.51. The van der Waals surface area contributed by atoms with Gasteiger partial charge in [0, 0.05) is 25.3 Å². The molecule has 100 valence electrons. The largest absolute Gasteiger partial charge is 0.384 e. The molecule has 2 heteroatoms. The van der Waals surface area contributed by atoms with Gasteiger partial charge in [0.05, 0.1) is 0 Å². The summed E-state index contributed by atoms with van der Waals surface area (Å²) in [6, 6.07) is 16.9. The van der Waals surface area contributed by atoms with Crippen molar-refractivity contribution in [2.75, 3.05) is 18.4 Å².